The quantitative estimate of drug-likeness (QED) is 0.797. The molecule has 0 saturated carbocycles. The van der Waals surface area contributed by atoms with E-state index in [1.165, 1.54) is 23.4 Å². The predicted octanol–water partition coefficient (Wildman–Crippen LogP) is 3.55. The summed E-state index contributed by atoms with van der Waals surface area (Å²) in [6, 6.07) is 5.86. The molecule has 0 saturated heterocycles. The van der Waals surface area contributed by atoms with Crippen LogP contribution in [-0.4, -0.2) is 10.5 Å². The minimum atomic E-state index is -1.01. The van der Waals surface area contributed by atoms with E-state index in [2.05, 4.69) is 31.2 Å². The number of nitrogens with zero attached hydrogens (tertiary/aromatic N) is 2. The van der Waals surface area contributed by atoms with Gasteiger partial charge in [0.15, 0.2) is 5.43 Å². The zero-order chi connectivity index (χ0) is 16.7. The Morgan fingerprint density at radius 3 is 2.61 bits per heavy atom. The Morgan fingerprint density at radius 2 is 1.96 bits per heavy atom. The van der Waals surface area contributed by atoms with Crippen LogP contribution in [0, 0.1) is 18.8 Å². The zero-order valence-electron chi connectivity index (χ0n) is 13.4. The smallest absolute Gasteiger partial charge is 0.322 e. The van der Waals surface area contributed by atoms with Crippen molar-refractivity contribution in [3.8, 4) is 11.3 Å². The SMILES string of the molecule is CCC1Cc2cc(C)c(C)cc2-c2cc(=O)c(C(=O)N=O)cn21. The number of benzene rings is 1. The largest absolute Gasteiger partial charge is 0.343 e. The van der Waals surface area contributed by atoms with Crippen molar-refractivity contribution in [3.05, 3.63) is 61.8 Å². The van der Waals surface area contributed by atoms with E-state index in [0.717, 1.165) is 29.7 Å². The first-order chi connectivity index (χ1) is 11.0. The van der Waals surface area contributed by atoms with Crippen molar-refractivity contribution in [3.63, 3.8) is 0 Å². The van der Waals surface area contributed by atoms with Gasteiger partial charge >= 0.3 is 5.91 Å². The van der Waals surface area contributed by atoms with Crippen LogP contribution in [0.2, 0.25) is 0 Å². The summed E-state index contributed by atoms with van der Waals surface area (Å²) >= 11 is 0. The first-order valence-electron chi connectivity index (χ1n) is 7.70. The fourth-order valence-corrected chi connectivity index (χ4v) is 3.25. The van der Waals surface area contributed by atoms with Gasteiger partial charge in [-0.3, -0.25) is 9.59 Å². The number of carbonyl (C=O) groups excluding carboxylic acids is 1. The second-order valence-electron chi connectivity index (χ2n) is 6.10. The number of hydrogen-bond donors (Lipinski definition) is 0. The molecular weight excluding hydrogens is 292 g/mol. The first-order valence-corrected chi connectivity index (χ1v) is 7.70. The third-order valence-electron chi connectivity index (χ3n) is 4.71. The number of aromatic nitrogens is 1. The monoisotopic (exact) mass is 310 g/mol. The maximum atomic E-state index is 12.2. The van der Waals surface area contributed by atoms with E-state index >= 15 is 0 Å². The van der Waals surface area contributed by atoms with Crippen molar-refractivity contribution >= 4 is 5.91 Å². The van der Waals surface area contributed by atoms with Crippen molar-refractivity contribution in [1.82, 2.24) is 4.57 Å². The molecular formula is C18H18N2O3. The number of pyridine rings is 1. The van der Waals surface area contributed by atoms with Crippen molar-refractivity contribution in [1.29, 1.82) is 0 Å². The fourth-order valence-electron chi connectivity index (χ4n) is 3.25. The van der Waals surface area contributed by atoms with Gasteiger partial charge in [-0.05, 0) is 49.4 Å². The standard InChI is InChI=1S/C18H18N2O3/c1-4-13-7-12-5-10(2)11(3)6-14(12)16-8-17(21)15(9-20(13)16)18(22)19-23/h5-6,8-9,13H,4,7H2,1-3H3. The Kier molecular flexibility index (Phi) is 3.72. The van der Waals surface area contributed by atoms with Crippen LogP contribution in [0.3, 0.4) is 0 Å². The van der Waals surface area contributed by atoms with E-state index in [9.17, 15) is 14.5 Å². The molecule has 1 amide bonds. The molecule has 1 aromatic carbocycles. The number of amides is 1. The van der Waals surface area contributed by atoms with Gasteiger partial charge in [-0.2, -0.15) is 0 Å². The number of hydrogen-bond acceptors (Lipinski definition) is 3. The Balaban J connectivity index is 2.30. The molecule has 23 heavy (non-hydrogen) atoms. The molecule has 1 atom stereocenters. The maximum Gasteiger partial charge on any atom is 0.322 e. The summed E-state index contributed by atoms with van der Waals surface area (Å²) in [6.45, 7) is 6.19. The molecule has 1 unspecified atom stereocenters. The lowest BCUT2D eigenvalue weighted by Gasteiger charge is -2.30. The lowest BCUT2D eigenvalue weighted by molar-refractivity contribution is 0.0999. The van der Waals surface area contributed by atoms with Crippen LogP contribution in [0.4, 0.5) is 0 Å². The lowest BCUT2D eigenvalue weighted by Crippen LogP contribution is -2.25. The Morgan fingerprint density at radius 1 is 1.26 bits per heavy atom. The first kappa shape index (κ1) is 15.3. The number of rotatable bonds is 2. The van der Waals surface area contributed by atoms with Gasteiger partial charge in [0.25, 0.3) is 0 Å². The van der Waals surface area contributed by atoms with Crippen molar-refractivity contribution in [2.45, 2.75) is 39.7 Å². The van der Waals surface area contributed by atoms with Crippen LogP contribution in [-0.2, 0) is 6.42 Å². The lowest BCUT2D eigenvalue weighted by atomic mass is 9.88. The molecule has 1 aliphatic rings. The Labute approximate surface area is 133 Å². The summed E-state index contributed by atoms with van der Waals surface area (Å²) in [7, 11) is 0. The second-order valence-corrected chi connectivity index (χ2v) is 6.10. The molecule has 2 aromatic rings. The van der Waals surface area contributed by atoms with Gasteiger partial charge in [-0.25, -0.2) is 0 Å². The van der Waals surface area contributed by atoms with Gasteiger partial charge < -0.3 is 4.57 Å². The Hall–Kier alpha value is -2.56. The average molecular weight is 310 g/mol. The van der Waals surface area contributed by atoms with Crippen molar-refractivity contribution in [2.75, 3.05) is 0 Å². The van der Waals surface area contributed by atoms with E-state index in [1.54, 1.807) is 0 Å². The van der Waals surface area contributed by atoms with Crippen LogP contribution < -0.4 is 5.43 Å². The van der Waals surface area contributed by atoms with E-state index in [0.29, 0.717) is 0 Å². The third-order valence-corrected chi connectivity index (χ3v) is 4.71. The molecule has 118 valence electrons. The average Bonchev–Trinajstić information content (AvgIpc) is 2.54. The molecule has 1 aromatic heterocycles. The number of carbonyl (C=O) groups is 1. The topological polar surface area (TPSA) is 68.5 Å². The second kappa shape index (κ2) is 5.57. The van der Waals surface area contributed by atoms with Crippen molar-refractivity contribution in [2.24, 2.45) is 5.18 Å². The highest BCUT2D eigenvalue weighted by Gasteiger charge is 2.25. The summed E-state index contributed by atoms with van der Waals surface area (Å²) in [5.41, 5.74) is 4.81. The van der Waals surface area contributed by atoms with E-state index in [4.69, 9.17) is 0 Å². The van der Waals surface area contributed by atoms with Crippen LogP contribution >= 0.6 is 0 Å². The van der Waals surface area contributed by atoms with Gasteiger partial charge in [0.1, 0.15) is 5.56 Å². The molecule has 2 heterocycles. The van der Waals surface area contributed by atoms with E-state index in [-0.39, 0.29) is 11.6 Å². The molecule has 0 radical (unpaired) electrons. The summed E-state index contributed by atoms with van der Waals surface area (Å²) < 4.78 is 1.94. The maximum absolute atomic E-state index is 12.2. The minimum Gasteiger partial charge on any atom is -0.343 e. The predicted molar refractivity (Wildman–Crippen MR) is 88.8 cm³/mol. The molecule has 0 fully saturated rings. The molecule has 0 spiro atoms. The van der Waals surface area contributed by atoms with Crippen LogP contribution in [0.5, 0.6) is 0 Å². The van der Waals surface area contributed by atoms with Crippen LogP contribution in [0.1, 0.15) is 46.4 Å². The molecule has 0 aliphatic carbocycles. The molecule has 1 aliphatic heterocycles. The molecule has 5 nitrogen and oxygen atoms in total. The van der Waals surface area contributed by atoms with Gasteiger partial charge in [0, 0.05) is 29.0 Å². The third kappa shape index (κ3) is 2.42. The van der Waals surface area contributed by atoms with Gasteiger partial charge in [0.05, 0.1) is 5.69 Å². The van der Waals surface area contributed by atoms with Gasteiger partial charge in [-0.1, -0.05) is 13.0 Å². The van der Waals surface area contributed by atoms with Crippen LogP contribution in [0.25, 0.3) is 11.3 Å². The highest BCUT2D eigenvalue weighted by atomic mass is 16.3. The molecule has 0 bridgehead atoms. The van der Waals surface area contributed by atoms with Gasteiger partial charge in [0.2, 0.25) is 0 Å². The minimum absolute atomic E-state index is 0.151. The summed E-state index contributed by atoms with van der Waals surface area (Å²) in [4.78, 5) is 34.3. The molecule has 0 N–H and O–H groups in total. The van der Waals surface area contributed by atoms with Crippen molar-refractivity contribution < 1.29 is 4.79 Å². The molecule has 5 heteroatoms. The highest BCUT2D eigenvalue weighted by Crippen LogP contribution is 2.36. The summed E-state index contributed by atoms with van der Waals surface area (Å²) in [5.74, 6) is -1.01. The van der Waals surface area contributed by atoms with Crippen LogP contribution in [0.15, 0.2) is 34.4 Å². The zero-order valence-corrected chi connectivity index (χ0v) is 13.4. The number of fused-ring (bicyclic) bond motifs is 3. The fraction of sp³-hybridized carbons (Fsp3) is 0.333. The Bertz CT molecular complexity index is 881. The highest BCUT2D eigenvalue weighted by molar-refractivity contribution is 5.94. The molecule has 3 rings (SSSR count). The number of nitroso groups, excluding NO2 is 1. The van der Waals surface area contributed by atoms with Gasteiger partial charge in [-0.15, -0.1) is 4.91 Å². The van der Waals surface area contributed by atoms with E-state index < -0.39 is 11.3 Å². The van der Waals surface area contributed by atoms with E-state index in [1.807, 2.05) is 11.5 Å². The number of aryl methyl sites for hydroxylation is 2. The summed E-state index contributed by atoms with van der Waals surface area (Å²) in [6.07, 6.45) is 3.20. The normalized spacial score (nSPS) is 15.7. The summed E-state index contributed by atoms with van der Waals surface area (Å²) in [5, 5.41) is 2.39.